The van der Waals surface area contributed by atoms with Crippen LogP contribution in [-0.2, 0) is 51.9 Å². The maximum atomic E-state index is 14.3. The normalized spacial score (nSPS) is 14.9. The Morgan fingerprint density at radius 3 is 2.23 bits per heavy atom. The molecule has 1 aliphatic rings. The lowest BCUT2D eigenvalue weighted by atomic mass is 9.94. The molecule has 0 radical (unpaired) electrons. The summed E-state index contributed by atoms with van der Waals surface area (Å²) in [6.07, 6.45) is -4.77. The summed E-state index contributed by atoms with van der Waals surface area (Å²) in [6.45, 7) is 9.21. The molecule has 0 bridgehead atoms. The summed E-state index contributed by atoms with van der Waals surface area (Å²) in [5.41, 5.74) is 4.00. The van der Waals surface area contributed by atoms with Crippen LogP contribution in [0.15, 0.2) is 42.5 Å². The zero-order chi connectivity index (χ0) is 55.5. The van der Waals surface area contributed by atoms with Crippen LogP contribution >= 0.6 is 23.5 Å². The zero-order valence-corrected chi connectivity index (χ0v) is 44.1. The largest absolute Gasteiger partial charge is 0.449 e. The number of hydrogen-bond acceptors (Lipinski definition) is 9. The fourth-order valence-corrected chi connectivity index (χ4v) is 8.86. The molecule has 3 N–H and O–H groups in total. The molecule has 406 valence electrons. The van der Waals surface area contributed by atoms with Crippen molar-refractivity contribution >= 4 is 63.6 Å². The summed E-state index contributed by atoms with van der Waals surface area (Å²) < 4.78 is 156. The molecular weight excluding hydrogens is 1050 g/mol. The Hall–Kier alpha value is -5.38. The molecule has 2 aromatic carbocycles. The van der Waals surface area contributed by atoms with Crippen LogP contribution in [0.25, 0.3) is 22.0 Å². The van der Waals surface area contributed by atoms with Gasteiger partial charge in [-0.15, -0.1) is 0 Å². The van der Waals surface area contributed by atoms with Crippen molar-refractivity contribution in [2.45, 2.75) is 128 Å². The number of aryl methyl sites for hydroxylation is 1. The third-order valence-corrected chi connectivity index (χ3v) is 13.9. The van der Waals surface area contributed by atoms with Gasteiger partial charge in [-0.05, 0) is 106 Å². The number of pyridine rings is 1. The smallest absolute Gasteiger partial charge is 0.435 e. The van der Waals surface area contributed by atoms with Crippen LogP contribution in [0, 0.1) is 23.5 Å². The molecule has 25 heteroatoms. The lowest BCUT2D eigenvalue weighted by Gasteiger charge is -2.21. The molecular formula is C49H57ClF10N8O4S2. The van der Waals surface area contributed by atoms with E-state index in [-0.39, 0.29) is 75.0 Å². The molecule has 0 saturated heterocycles. The van der Waals surface area contributed by atoms with E-state index in [0.29, 0.717) is 30.1 Å². The van der Waals surface area contributed by atoms with E-state index in [4.69, 9.17) is 22.1 Å². The van der Waals surface area contributed by atoms with Crippen LogP contribution in [0.4, 0.5) is 54.5 Å². The number of fused-ring (bicyclic) bond motifs is 2. The first-order valence-electron chi connectivity index (χ1n) is 23.2. The predicted octanol–water partition coefficient (Wildman–Crippen LogP) is 12.4. The molecule has 1 aliphatic carbocycles. The van der Waals surface area contributed by atoms with Gasteiger partial charge in [0.1, 0.15) is 34.3 Å². The summed E-state index contributed by atoms with van der Waals surface area (Å²) in [5.74, 6) is -0.196. The highest BCUT2D eigenvalue weighted by Gasteiger charge is 2.53. The number of ether oxygens (including phenoxy) is 1. The van der Waals surface area contributed by atoms with Gasteiger partial charge in [-0.3, -0.25) is 18.4 Å². The zero-order valence-electron chi connectivity index (χ0n) is 41.7. The molecule has 2 amide bonds. The summed E-state index contributed by atoms with van der Waals surface area (Å²) in [4.78, 5) is 30.0. The predicted molar refractivity (Wildman–Crippen MR) is 267 cm³/mol. The fourth-order valence-electron chi connectivity index (χ4n) is 7.93. The van der Waals surface area contributed by atoms with Gasteiger partial charge in [0.05, 0.1) is 34.3 Å². The molecule has 3 atom stereocenters. The fraction of sp³-hybridized carbons (Fsp3) is 0.490. The van der Waals surface area contributed by atoms with Crippen LogP contribution < -0.4 is 15.4 Å². The average Bonchev–Trinajstić information content (AvgIpc) is 3.97. The van der Waals surface area contributed by atoms with E-state index >= 15 is 0 Å². The van der Waals surface area contributed by atoms with E-state index in [0.717, 1.165) is 52.3 Å². The van der Waals surface area contributed by atoms with Gasteiger partial charge in [0, 0.05) is 59.0 Å². The van der Waals surface area contributed by atoms with Gasteiger partial charge >= 0.3 is 18.4 Å². The molecule has 3 heterocycles. The van der Waals surface area contributed by atoms with Gasteiger partial charge in [-0.25, -0.2) is 18.6 Å². The summed E-state index contributed by atoms with van der Waals surface area (Å²) in [6, 6.07) is 7.61. The van der Waals surface area contributed by atoms with Crippen LogP contribution in [-0.4, -0.2) is 77.8 Å². The number of anilines is 1. The number of nitrogens with zero attached hydrogens (tertiary/aromatic N) is 6. The standard InChI is InChI=1S/C37H40ClF5N6O4S2.C10H11F5N2.C2H6/c1-36(2,55(4)52)14-13-26-9-10-27(32(46-26)30(45-22-50)19-23-17-24(39)20-25(40)18-23)28-11-12-29(38)31-33(28)48(21-37(41,42)43)47-34(31)49(54-3)35(51)53-16-8-6-5-7-15-44;1-3-17-8-6(5(2)4-9(8,11)12)7(16-17)10(13,14)15;1-2/h9-12,17-18,20,22,30H,5-8,15-16,19,21,44H2,1-4H3,(H,45,50);5H,3-4H2,1-2H3;1-2H3/t;5-;/m.0./s1. The van der Waals surface area contributed by atoms with Gasteiger partial charge in [-0.2, -0.15) is 49.6 Å². The minimum atomic E-state index is -4.78. The minimum Gasteiger partial charge on any atom is -0.449 e. The number of carbonyl (C=O) groups excluding carboxylic acids is 2. The molecule has 0 aliphatic heterocycles. The Balaban J connectivity index is 0.000000521. The van der Waals surface area contributed by atoms with Gasteiger partial charge in [0.15, 0.2) is 11.5 Å². The topological polar surface area (TPSA) is 150 Å². The Kier molecular flexibility index (Phi) is 21.4. The third-order valence-electron chi connectivity index (χ3n) is 11.4. The van der Waals surface area contributed by atoms with Gasteiger partial charge in [0.2, 0.25) is 6.41 Å². The highest BCUT2D eigenvalue weighted by atomic mass is 35.5. The number of halogens is 11. The quantitative estimate of drug-likeness (QED) is 0.0305. The van der Waals surface area contributed by atoms with Gasteiger partial charge in [0.25, 0.3) is 5.92 Å². The van der Waals surface area contributed by atoms with E-state index in [2.05, 4.69) is 32.3 Å². The van der Waals surface area contributed by atoms with Crippen molar-refractivity contribution in [2.75, 3.05) is 30.0 Å². The monoisotopic (exact) mass is 1110 g/mol. The van der Waals surface area contributed by atoms with Crippen molar-refractivity contribution < 1.29 is 62.4 Å². The number of aromatic nitrogens is 5. The second-order valence-electron chi connectivity index (χ2n) is 17.1. The van der Waals surface area contributed by atoms with Crippen molar-refractivity contribution in [1.29, 1.82) is 0 Å². The second-order valence-corrected chi connectivity index (χ2v) is 20.2. The Morgan fingerprint density at radius 1 is 1.03 bits per heavy atom. The second kappa shape index (κ2) is 25.9. The number of nitrogens with two attached hydrogens (primary N) is 1. The van der Waals surface area contributed by atoms with Gasteiger partial charge in [-0.1, -0.05) is 57.2 Å². The Morgan fingerprint density at radius 2 is 1.66 bits per heavy atom. The number of carbonyl (C=O) groups is 2. The SMILES string of the molecule is CC.CCn1nc(C(F)(F)F)c2c1C(F)(F)C[C@@H]2C.CSN(C(=O)OCCCCCCN)c1nn(CC(F)(F)F)c2c(-c3ccc(C#CC(C)(C)S(C)=O)nc3C(Cc3cc(F)cc(F)c3)NC=O)ccc(Cl)c12. The van der Waals surface area contributed by atoms with Crippen molar-refractivity contribution in [3.8, 4) is 23.0 Å². The van der Waals surface area contributed by atoms with Crippen molar-refractivity contribution in [1.82, 2.24) is 29.9 Å². The lowest BCUT2D eigenvalue weighted by molar-refractivity contribution is -0.142. The first-order chi connectivity index (χ1) is 34.7. The highest BCUT2D eigenvalue weighted by Crippen LogP contribution is 2.52. The van der Waals surface area contributed by atoms with E-state index in [1.807, 2.05) is 13.8 Å². The number of benzene rings is 2. The van der Waals surface area contributed by atoms with Crippen LogP contribution in [0.5, 0.6) is 0 Å². The van der Waals surface area contributed by atoms with Crippen LogP contribution in [0.2, 0.25) is 5.02 Å². The number of nitrogens with one attached hydrogen (secondary N) is 1. The van der Waals surface area contributed by atoms with Crippen molar-refractivity contribution in [2.24, 2.45) is 5.73 Å². The van der Waals surface area contributed by atoms with E-state index in [1.165, 1.54) is 50.6 Å². The maximum absolute atomic E-state index is 14.3. The minimum absolute atomic E-state index is 0.000718. The van der Waals surface area contributed by atoms with Crippen molar-refractivity contribution in [3.63, 3.8) is 0 Å². The summed E-state index contributed by atoms with van der Waals surface area (Å²) in [7, 11) is -1.36. The number of amides is 2. The highest BCUT2D eigenvalue weighted by molar-refractivity contribution is 8.00. The number of rotatable bonds is 17. The molecule has 0 fully saturated rings. The Labute approximate surface area is 434 Å². The third kappa shape index (κ3) is 15.1. The van der Waals surface area contributed by atoms with Crippen LogP contribution in [0.1, 0.15) is 120 Å². The first kappa shape index (κ1) is 61.2. The summed E-state index contributed by atoms with van der Waals surface area (Å²) in [5, 5.41) is 10.1. The molecule has 74 heavy (non-hydrogen) atoms. The molecule has 0 spiro atoms. The molecule has 0 saturated carbocycles. The Bertz CT molecular complexity index is 2830. The first-order valence-corrected chi connectivity index (χ1v) is 26.3. The number of hydrogen-bond donors (Lipinski definition) is 2. The van der Waals surface area contributed by atoms with Crippen molar-refractivity contribution in [3.05, 3.63) is 93.0 Å². The van der Waals surface area contributed by atoms with Gasteiger partial charge < -0.3 is 15.8 Å². The molecule has 2 unspecified atom stereocenters. The van der Waals surface area contributed by atoms with E-state index < -0.39 is 87.9 Å². The lowest BCUT2D eigenvalue weighted by Crippen LogP contribution is -2.26. The molecule has 12 nitrogen and oxygen atoms in total. The number of unbranched alkanes of at least 4 members (excludes halogenated alkanes) is 3. The molecule has 3 aromatic heterocycles. The number of alkyl halides is 8. The van der Waals surface area contributed by atoms with E-state index in [9.17, 15) is 57.7 Å². The van der Waals surface area contributed by atoms with Crippen LogP contribution in [0.3, 0.4) is 0 Å². The average molecular weight is 1110 g/mol. The van der Waals surface area contributed by atoms with E-state index in [1.54, 1.807) is 13.8 Å². The maximum Gasteiger partial charge on any atom is 0.435 e. The molecule has 6 rings (SSSR count). The summed E-state index contributed by atoms with van der Waals surface area (Å²) >= 11 is 7.55. The molecule has 5 aromatic rings.